The molecule has 1 aliphatic heterocycles. The summed E-state index contributed by atoms with van der Waals surface area (Å²) in [6, 6.07) is 11.9. The van der Waals surface area contributed by atoms with Crippen molar-refractivity contribution in [3.8, 4) is 5.75 Å². The number of ether oxygens (including phenoxy) is 1. The molecule has 0 spiro atoms. The molecule has 1 unspecified atom stereocenters. The molecule has 1 heterocycles. The van der Waals surface area contributed by atoms with Gasteiger partial charge in [-0.25, -0.2) is 0 Å². The van der Waals surface area contributed by atoms with Gasteiger partial charge in [0, 0.05) is 12.1 Å². The van der Waals surface area contributed by atoms with E-state index in [0.717, 1.165) is 4.90 Å². The predicted molar refractivity (Wildman–Crippen MR) is 86.4 cm³/mol. The van der Waals surface area contributed by atoms with Crippen LogP contribution in [0.25, 0.3) is 0 Å². The van der Waals surface area contributed by atoms with Crippen LogP contribution in [0.1, 0.15) is 20.7 Å². The van der Waals surface area contributed by atoms with E-state index >= 15 is 0 Å². The molecule has 1 N–H and O–H groups in total. The third kappa shape index (κ3) is 3.33. The minimum Gasteiger partial charge on any atom is -0.491 e. The molecular weight excluding hydrogens is 328 g/mol. The fourth-order valence-corrected chi connectivity index (χ4v) is 2.52. The Hall–Kier alpha value is -3.26. The third-order valence-electron chi connectivity index (χ3n) is 3.76. The number of amides is 2. The number of nitro benzene ring substituents is 1. The van der Waals surface area contributed by atoms with Crippen molar-refractivity contribution in [2.75, 3.05) is 13.2 Å². The van der Waals surface area contributed by atoms with Gasteiger partial charge in [-0.3, -0.25) is 24.6 Å². The van der Waals surface area contributed by atoms with Crippen molar-refractivity contribution in [2.45, 2.75) is 6.10 Å². The zero-order valence-corrected chi connectivity index (χ0v) is 13.0. The topological polar surface area (TPSA) is 110 Å². The smallest absolute Gasteiger partial charge is 0.269 e. The van der Waals surface area contributed by atoms with E-state index in [1.54, 1.807) is 24.3 Å². The van der Waals surface area contributed by atoms with Crippen molar-refractivity contribution >= 4 is 17.5 Å². The maximum atomic E-state index is 12.2. The number of hydrogen-bond acceptors (Lipinski definition) is 6. The van der Waals surface area contributed by atoms with E-state index in [2.05, 4.69) is 0 Å². The lowest BCUT2D eigenvalue weighted by molar-refractivity contribution is -0.384. The van der Waals surface area contributed by atoms with Crippen molar-refractivity contribution in [2.24, 2.45) is 0 Å². The van der Waals surface area contributed by atoms with Gasteiger partial charge in [0.25, 0.3) is 17.5 Å². The lowest BCUT2D eigenvalue weighted by atomic mass is 10.1. The Labute approximate surface area is 142 Å². The number of non-ortho nitro benzene ring substituents is 1. The van der Waals surface area contributed by atoms with E-state index in [0.29, 0.717) is 16.9 Å². The van der Waals surface area contributed by atoms with Crippen LogP contribution in [-0.2, 0) is 0 Å². The fraction of sp³-hybridized carbons (Fsp3) is 0.176. The molecule has 25 heavy (non-hydrogen) atoms. The Morgan fingerprint density at radius 2 is 1.60 bits per heavy atom. The first-order chi connectivity index (χ1) is 12.0. The average molecular weight is 342 g/mol. The van der Waals surface area contributed by atoms with Crippen LogP contribution >= 0.6 is 0 Å². The van der Waals surface area contributed by atoms with Gasteiger partial charge in [-0.1, -0.05) is 12.1 Å². The summed E-state index contributed by atoms with van der Waals surface area (Å²) in [5.74, 6) is -0.558. The SMILES string of the molecule is O=C1c2ccccc2C(=O)N1CC(O)COc1ccc([N+](=O)[O-])cc1. The number of rotatable bonds is 6. The average Bonchev–Trinajstić information content (AvgIpc) is 2.86. The third-order valence-corrected chi connectivity index (χ3v) is 3.76. The van der Waals surface area contributed by atoms with E-state index in [4.69, 9.17) is 4.74 Å². The second-order valence-electron chi connectivity index (χ2n) is 5.48. The normalized spacial score (nSPS) is 14.4. The second kappa shape index (κ2) is 6.70. The van der Waals surface area contributed by atoms with Gasteiger partial charge in [-0.05, 0) is 24.3 Å². The fourth-order valence-electron chi connectivity index (χ4n) is 2.52. The van der Waals surface area contributed by atoms with Crippen molar-refractivity contribution < 1.29 is 24.4 Å². The molecular formula is C17H14N2O6. The quantitative estimate of drug-likeness (QED) is 0.485. The minimum atomic E-state index is -1.09. The predicted octanol–water partition coefficient (Wildman–Crippen LogP) is 1.63. The Kier molecular flexibility index (Phi) is 4.44. The molecule has 3 rings (SSSR count). The van der Waals surface area contributed by atoms with E-state index in [1.807, 2.05) is 0 Å². The highest BCUT2D eigenvalue weighted by atomic mass is 16.6. The lowest BCUT2D eigenvalue weighted by Crippen LogP contribution is -2.39. The summed E-state index contributed by atoms with van der Waals surface area (Å²) >= 11 is 0. The van der Waals surface area contributed by atoms with E-state index in [-0.39, 0.29) is 18.8 Å². The number of benzene rings is 2. The van der Waals surface area contributed by atoms with Crippen molar-refractivity contribution in [1.82, 2.24) is 4.90 Å². The molecule has 0 fully saturated rings. The first-order valence-electron chi connectivity index (χ1n) is 7.48. The maximum Gasteiger partial charge on any atom is 0.269 e. The van der Waals surface area contributed by atoms with Crippen LogP contribution in [0, 0.1) is 10.1 Å². The summed E-state index contributed by atoms with van der Waals surface area (Å²) in [6.07, 6.45) is -1.09. The molecule has 2 aromatic carbocycles. The van der Waals surface area contributed by atoms with Crippen LogP contribution < -0.4 is 4.74 Å². The van der Waals surface area contributed by atoms with Crippen LogP contribution in [0.2, 0.25) is 0 Å². The largest absolute Gasteiger partial charge is 0.491 e. The molecule has 0 aromatic heterocycles. The highest BCUT2D eigenvalue weighted by molar-refractivity contribution is 6.21. The monoisotopic (exact) mass is 342 g/mol. The number of β-amino-alcohol motifs (C(OH)–C–C–N with tert-alkyl or cyclic N) is 1. The summed E-state index contributed by atoms with van der Waals surface area (Å²) in [5.41, 5.74) is 0.561. The van der Waals surface area contributed by atoms with E-state index < -0.39 is 22.8 Å². The van der Waals surface area contributed by atoms with E-state index in [1.165, 1.54) is 24.3 Å². The Morgan fingerprint density at radius 3 is 2.12 bits per heavy atom. The van der Waals surface area contributed by atoms with Crippen molar-refractivity contribution in [3.63, 3.8) is 0 Å². The molecule has 0 saturated heterocycles. The number of nitro groups is 1. The summed E-state index contributed by atoms with van der Waals surface area (Å²) in [6.45, 7) is -0.357. The van der Waals surface area contributed by atoms with Crippen LogP contribution in [0.4, 0.5) is 5.69 Å². The van der Waals surface area contributed by atoms with Gasteiger partial charge >= 0.3 is 0 Å². The number of aliphatic hydroxyl groups is 1. The molecule has 0 bridgehead atoms. The highest BCUT2D eigenvalue weighted by Gasteiger charge is 2.36. The molecule has 0 aliphatic carbocycles. The van der Waals surface area contributed by atoms with Crippen molar-refractivity contribution in [1.29, 1.82) is 0 Å². The summed E-state index contributed by atoms with van der Waals surface area (Å²) in [4.78, 5) is 35.5. The molecule has 0 saturated carbocycles. The molecule has 2 amide bonds. The van der Waals surface area contributed by atoms with Crippen molar-refractivity contribution in [3.05, 3.63) is 69.8 Å². The molecule has 8 heteroatoms. The molecule has 1 aliphatic rings. The lowest BCUT2D eigenvalue weighted by Gasteiger charge is -2.18. The standard InChI is InChI=1S/C17H14N2O6/c20-12(10-25-13-7-5-11(6-8-13)19(23)24)9-18-16(21)14-3-1-2-4-15(14)17(18)22/h1-8,12,20H,9-10H2. The summed E-state index contributed by atoms with van der Waals surface area (Å²) < 4.78 is 5.34. The number of aliphatic hydroxyl groups excluding tert-OH is 1. The van der Waals surface area contributed by atoms with Gasteiger partial charge in [0.05, 0.1) is 22.6 Å². The Balaban J connectivity index is 1.58. The first kappa shape index (κ1) is 16.6. The van der Waals surface area contributed by atoms with Gasteiger partial charge in [-0.15, -0.1) is 0 Å². The number of carbonyl (C=O) groups excluding carboxylic acids is 2. The van der Waals surface area contributed by atoms with Gasteiger partial charge in [0.1, 0.15) is 18.5 Å². The zero-order valence-electron chi connectivity index (χ0n) is 13.0. The maximum absolute atomic E-state index is 12.2. The van der Waals surface area contributed by atoms with Crippen LogP contribution in [0.15, 0.2) is 48.5 Å². The Bertz CT molecular complexity index is 798. The van der Waals surface area contributed by atoms with Gasteiger partial charge in [0.2, 0.25) is 0 Å². The minimum absolute atomic E-state index is 0.0704. The highest BCUT2D eigenvalue weighted by Crippen LogP contribution is 2.23. The number of carbonyl (C=O) groups is 2. The van der Waals surface area contributed by atoms with Crippen LogP contribution in [0.5, 0.6) is 5.75 Å². The van der Waals surface area contributed by atoms with Gasteiger partial charge in [-0.2, -0.15) is 0 Å². The van der Waals surface area contributed by atoms with Gasteiger partial charge < -0.3 is 9.84 Å². The number of imide groups is 1. The molecule has 128 valence electrons. The summed E-state index contributed by atoms with van der Waals surface area (Å²) in [7, 11) is 0. The molecule has 2 aromatic rings. The Morgan fingerprint density at radius 1 is 1.04 bits per heavy atom. The van der Waals surface area contributed by atoms with Crippen LogP contribution in [0.3, 0.4) is 0 Å². The van der Waals surface area contributed by atoms with Gasteiger partial charge in [0.15, 0.2) is 0 Å². The number of fused-ring (bicyclic) bond motifs is 1. The molecule has 0 radical (unpaired) electrons. The molecule has 8 nitrogen and oxygen atoms in total. The second-order valence-corrected chi connectivity index (χ2v) is 5.48. The zero-order chi connectivity index (χ0) is 18.0. The summed E-state index contributed by atoms with van der Waals surface area (Å²) in [5, 5.41) is 20.6. The number of nitrogens with zero attached hydrogens (tertiary/aromatic N) is 2. The van der Waals surface area contributed by atoms with E-state index in [9.17, 15) is 24.8 Å². The van der Waals surface area contributed by atoms with Crippen LogP contribution in [-0.4, -0.2) is 46.0 Å². The first-order valence-corrected chi connectivity index (χ1v) is 7.48. The number of hydrogen-bond donors (Lipinski definition) is 1. The molecule has 1 atom stereocenters.